The Morgan fingerprint density at radius 2 is 2.05 bits per heavy atom. The zero-order valence-corrected chi connectivity index (χ0v) is 13.9. The fraction of sp³-hybridized carbons (Fsp3) is 0.235. The summed E-state index contributed by atoms with van der Waals surface area (Å²) in [5.41, 5.74) is 6.02. The standard InChI is InChI=1S/C17H17N3OS/c1-10-9-22-17-18-8-15(20(10)17)16-11(2)19(3)14-6-5-12(21-4)7-13(14)16/h5-9H,1-4H3. The second kappa shape index (κ2) is 4.61. The highest BCUT2D eigenvalue weighted by Crippen LogP contribution is 2.37. The van der Waals surface area contributed by atoms with E-state index in [1.54, 1.807) is 18.4 Å². The van der Waals surface area contributed by atoms with Crippen molar-refractivity contribution in [2.45, 2.75) is 13.8 Å². The maximum atomic E-state index is 5.41. The summed E-state index contributed by atoms with van der Waals surface area (Å²) < 4.78 is 9.87. The Labute approximate surface area is 132 Å². The Bertz CT molecular complexity index is 1010. The van der Waals surface area contributed by atoms with E-state index in [4.69, 9.17) is 4.74 Å². The van der Waals surface area contributed by atoms with Crippen molar-refractivity contribution in [2.75, 3.05) is 7.11 Å². The van der Waals surface area contributed by atoms with Crippen molar-refractivity contribution < 1.29 is 4.74 Å². The molecule has 0 unspecified atom stereocenters. The lowest BCUT2D eigenvalue weighted by molar-refractivity contribution is 0.415. The molecule has 4 aromatic rings. The van der Waals surface area contributed by atoms with Crippen LogP contribution in [0.15, 0.2) is 29.8 Å². The minimum atomic E-state index is 0.877. The van der Waals surface area contributed by atoms with Crippen LogP contribution < -0.4 is 4.74 Å². The van der Waals surface area contributed by atoms with Gasteiger partial charge in [0.2, 0.25) is 0 Å². The second-order valence-corrected chi connectivity index (χ2v) is 6.38. The van der Waals surface area contributed by atoms with Gasteiger partial charge in [0.25, 0.3) is 0 Å². The lowest BCUT2D eigenvalue weighted by Gasteiger charge is -2.03. The zero-order valence-electron chi connectivity index (χ0n) is 13.0. The molecule has 0 atom stereocenters. The van der Waals surface area contributed by atoms with Crippen LogP contribution in [0.3, 0.4) is 0 Å². The van der Waals surface area contributed by atoms with Gasteiger partial charge < -0.3 is 9.30 Å². The number of fused-ring (bicyclic) bond motifs is 2. The molecule has 0 saturated carbocycles. The largest absolute Gasteiger partial charge is 0.497 e. The Morgan fingerprint density at radius 3 is 2.82 bits per heavy atom. The van der Waals surface area contributed by atoms with Crippen LogP contribution in [0.2, 0.25) is 0 Å². The number of nitrogens with zero attached hydrogens (tertiary/aromatic N) is 3. The van der Waals surface area contributed by atoms with Crippen molar-refractivity contribution in [2.24, 2.45) is 7.05 Å². The molecule has 0 bridgehead atoms. The fourth-order valence-corrected chi connectivity index (χ4v) is 3.97. The summed E-state index contributed by atoms with van der Waals surface area (Å²) in [7, 11) is 3.81. The number of hydrogen-bond acceptors (Lipinski definition) is 3. The van der Waals surface area contributed by atoms with E-state index in [1.165, 1.54) is 27.9 Å². The topological polar surface area (TPSA) is 31.5 Å². The molecule has 0 aliphatic carbocycles. The van der Waals surface area contributed by atoms with Gasteiger partial charge in [-0.1, -0.05) is 0 Å². The zero-order chi connectivity index (χ0) is 15.4. The predicted octanol–water partition coefficient (Wildman–Crippen LogP) is 4.18. The molecule has 0 N–H and O–H groups in total. The van der Waals surface area contributed by atoms with E-state index in [-0.39, 0.29) is 0 Å². The highest BCUT2D eigenvalue weighted by Gasteiger charge is 2.19. The third-order valence-electron chi connectivity index (χ3n) is 4.37. The number of thiazole rings is 1. The van der Waals surface area contributed by atoms with E-state index in [9.17, 15) is 0 Å². The first kappa shape index (κ1) is 13.4. The summed E-state index contributed by atoms with van der Waals surface area (Å²) in [5, 5.41) is 3.35. The van der Waals surface area contributed by atoms with Crippen molar-refractivity contribution in [1.82, 2.24) is 14.0 Å². The van der Waals surface area contributed by atoms with Gasteiger partial charge in [-0.3, -0.25) is 4.40 Å². The van der Waals surface area contributed by atoms with Crippen molar-refractivity contribution in [1.29, 1.82) is 0 Å². The molecule has 3 heterocycles. The molecule has 4 nitrogen and oxygen atoms in total. The van der Waals surface area contributed by atoms with E-state index < -0.39 is 0 Å². The Hall–Kier alpha value is -2.27. The van der Waals surface area contributed by atoms with Crippen molar-refractivity contribution >= 4 is 27.2 Å². The van der Waals surface area contributed by atoms with Crippen LogP contribution in [0.4, 0.5) is 0 Å². The smallest absolute Gasteiger partial charge is 0.194 e. The first-order valence-corrected chi connectivity index (χ1v) is 8.04. The Balaban J connectivity index is 2.13. The van der Waals surface area contributed by atoms with E-state index in [2.05, 4.69) is 52.4 Å². The average molecular weight is 311 g/mol. The number of aryl methyl sites for hydroxylation is 2. The first-order chi connectivity index (χ1) is 10.6. The molecule has 0 fully saturated rings. The minimum Gasteiger partial charge on any atom is -0.497 e. The van der Waals surface area contributed by atoms with Crippen LogP contribution in [0.25, 0.3) is 27.1 Å². The third kappa shape index (κ3) is 1.66. The summed E-state index contributed by atoms with van der Waals surface area (Å²) in [6.07, 6.45) is 1.97. The molecule has 0 saturated heterocycles. The highest BCUT2D eigenvalue weighted by atomic mass is 32.1. The van der Waals surface area contributed by atoms with Gasteiger partial charge >= 0.3 is 0 Å². The van der Waals surface area contributed by atoms with Crippen molar-refractivity contribution in [3.8, 4) is 17.0 Å². The summed E-state index contributed by atoms with van der Waals surface area (Å²) in [6, 6.07) is 6.23. The summed E-state index contributed by atoms with van der Waals surface area (Å²) in [6.45, 7) is 4.28. The molecule has 3 aromatic heterocycles. The number of imidazole rings is 1. The second-order valence-electron chi connectivity index (χ2n) is 5.54. The van der Waals surface area contributed by atoms with Crippen LogP contribution in [0.5, 0.6) is 5.75 Å². The van der Waals surface area contributed by atoms with Crippen molar-refractivity contribution in [3.05, 3.63) is 41.2 Å². The summed E-state index contributed by atoms with van der Waals surface area (Å²) >= 11 is 1.68. The number of hydrogen-bond donors (Lipinski definition) is 0. The first-order valence-electron chi connectivity index (χ1n) is 7.16. The minimum absolute atomic E-state index is 0.877. The fourth-order valence-electron chi connectivity index (χ4n) is 3.13. The van der Waals surface area contributed by atoms with Crippen LogP contribution in [-0.2, 0) is 7.05 Å². The van der Waals surface area contributed by atoms with Gasteiger partial charge in [0, 0.05) is 40.3 Å². The van der Waals surface area contributed by atoms with E-state index >= 15 is 0 Å². The molecule has 0 aliphatic rings. The number of rotatable bonds is 2. The molecule has 4 rings (SSSR count). The van der Waals surface area contributed by atoms with E-state index in [0.29, 0.717) is 0 Å². The lowest BCUT2D eigenvalue weighted by atomic mass is 10.1. The van der Waals surface area contributed by atoms with Crippen molar-refractivity contribution in [3.63, 3.8) is 0 Å². The molecule has 0 aliphatic heterocycles. The monoisotopic (exact) mass is 311 g/mol. The number of ether oxygens (including phenoxy) is 1. The van der Waals surface area contributed by atoms with E-state index in [0.717, 1.165) is 16.4 Å². The predicted molar refractivity (Wildman–Crippen MR) is 91.0 cm³/mol. The molecule has 0 radical (unpaired) electrons. The van der Waals surface area contributed by atoms with Gasteiger partial charge in [-0.05, 0) is 32.0 Å². The Morgan fingerprint density at radius 1 is 1.23 bits per heavy atom. The quantitative estimate of drug-likeness (QED) is 0.556. The molecule has 112 valence electrons. The number of benzene rings is 1. The van der Waals surface area contributed by atoms with Crippen LogP contribution in [-0.4, -0.2) is 21.1 Å². The highest BCUT2D eigenvalue weighted by molar-refractivity contribution is 7.15. The van der Waals surface area contributed by atoms with Gasteiger partial charge in [-0.2, -0.15) is 0 Å². The SMILES string of the molecule is COc1ccc2c(c1)c(-c1cnc3scc(C)n13)c(C)n2C. The molecule has 0 spiro atoms. The van der Waals surface area contributed by atoms with Gasteiger partial charge in [0.05, 0.1) is 19.0 Å². The number of aromatic nitrogens is 3. The van der Waals surface area contributed by atoms with E-state index in [1.807, 2.05) is 12.3 Å². The van der Waals surface area contributed by atoms with Crippen LogP contribution in [0, 0.1) is 13.8 Å². The molecule has 22 heavy (non-hydrogen) atoms. The van der Waals surface area contributed by atoms with Gasteiger partial charge in [0.15, 0.2) is 4.96 Å². The third-order valence-corrected chi connectivity index (χ3v) is 5.33. The molecule has 0 amide bonds. The van der Waals surface area contributed by atoms with Crippen LogP contribution >= 0.6 is 11.3 Å². The summed E-state index contributed by atoms with van der Waals surface area (Å²) in [4.78, 5) is 5.59. The van der Waals surface area contributed by atoms with Gasteiger partial charge in [-0.15, -0.1) is 11.3 Å². The average Bonchev–Trinajstić information content (AvgIpc) is 3.16. The molecule has 1 aromatic carbocycles. The maximum absolute atomic E-state index is 5.41. The Kier molecular flexibility index (Phi) is 2.81. The summed E-state index contributed by atoms with van der Waals surface area (Å²) in [5.74, 6) is 0.877. The van der Waals surface area contributed by atoms with Gasteiger partial charge in [0.1, 0.15) is 5.75 Å². The lowest BCUT2D eigenvalue weighted by Crippen LogP contribution is -1.92. The normalized spacial score (nSPS) is 11.6. The molecular weight excluding hydrogens is 294 g/mol. The molecule has 5 heteroatoms. The molecular formula is C17H17N3OS. The maximum Gasteiger partial charge on any atom is 0.194 e. The van der Waals surface area contributed by atoms with Crippen LogP contribution in [0.1, 0.15) is 11.4 Å². The number of methoxy groups -OCH3 is 1. The van der Waals surface area contributed by atoms with Gasteiger partial charge in [-0.25, -0.2) is 4.98 Å².